The van der Waals surface area contributed by atoms with E-state index in [1.165, 1.54) is 11.3 Å². The van der Waals surface area contributed by atoms with Gasteiger partial charge in [0.15, 0.2) is 5.78 Å². The molecule has 0 spiro atoms. The molecule has 20 heavy (non-hydrogen) atoms. The Balaban J connectivity index is 1.89. The van der Waals surface area contributed by atoms with E-state index >= 15 is 0 Å². The number of rotatable bonds is 3. The lowest BCUT2D eigenvalue weighted by atomic mass is 10.2. The molecule has 1 aliphatic rings. The largest absolute Gasteiger partial charge is 0.444 e. The maximum absolute atomic E-state index is 11.5. The lowest BCUT2D eigenvalue weighted by Gasteiger charge is -2.19. The van der Waals surface area contributed by atoms with Crippen LogP contribution in [0.5, 0.6) is 0 Å². The summed E-state index contributed by atoms with van der Waals surface area (Å²) in [7, 11) is 0. The molecule has 1 N–H and O–H groups in total. The summed E-state index contributed by atoms with van der Waals surface area (Å²) in [5.41, 5.74) is 0.487. The molecule has 2 rings (SSSR count). The number of carbonyl (C=O) groups excluding carboxylic acids is 2. The lowest BCUT2D eigenvalue weighted by Crippen LogP contribution is -2.31. The zero-order valence-electron chi connectivity index (χ0n) is 11.9. The first-order valence-electron chi connectivity index (χ1n) is 6.49. The van der Waals surface area contributed by atoms with Crippen molar-refractivity contribution in [3.8, 4) is 0 Å². The summed E-state index contributed by atoms with van der Waals surface area (Å²) in [6.45, 7) is 5.84. The first-order chi connectivity index (χ1) is 9.33. The molecular weight excluding hydrogens is 276 g/mol. The molecule has 1 aromatic rings. The molecule has 1 aromatic heterocycles. The summed E-state index contributed by atoms with van der Waals surface area (Å²) in [5.74, 6) is 0.156. The predicted molar refractivity (Wildman–Crippen MR) is 77.4 cm³/mol. The maximum atomic E-state index is 11.5. The third-order valence-electron chi connectivity index (χ3n) is 2.61. The fourth-order valence-electron chi connectivity index (χ4n) is 1.78. The number of carbonyl (C=O) groups is 2. The Bertz CT molecular complexity index is 555. The highest BCUT2D eigenvalue weighted by Crippen LogP contribution is 2.29. The number of alkyl carbamates (subject to hydrolysis) is 1. The smallest absolute Gasteiger partial charge is 0.407 e. The molecule has 6 heteroatoms. The van der Waals surface area contributed by atoms with Crippen LogP contribution >= 0.6 is 11.3 Å². The molecule has 1 heterocycles. The van der Waals surface area contributed by atoms with Crippen molar-refractivity contribution < 1.29 is 14.3 Å². The molecule has 108 valence electrons. The third kappa shape index (κ3) is 4.16. The summed E-state index contributed by atoms with van der Waals surface area (Å²) < 4.78 is 5.16. The van der Waals surface area contributed by atoms with E-state index in [0.29, 0.717) is 13.0 Å². The Kier molecular flexibility index (Phi) is 4.23. The first kappa shape index (κ1) is 14.7. The number of ketones is 1. The average Bonchev–Trinajstić information content (AvgIpc) is 2.92. The molecule has 0 unspecified atom stereocenters. The summed E-state index contributed by atoms with van der Waals surface area (Å²) >= 11 is 1.49. The minimum atomic E-state index is -0.502. The number of allylic oxidation sites excluding steroid dienone is 2. The Hall–Kier alpha value is -1.69. The van der Waals surface area contributed by atoms with Gasteiger partial charge < -0.3 is 10.1 Å². The highest BCUT2D eigenvalue weighted by atomic mass is 32.1. The maximum Gasteiger partial charge on any atom is 0.407 e. The molecule has 0 saturated heterocycles. The second-order valence-corrected chi connectivity index (χ2v) is 6.74. The van der Waals surface area contributed by atoms with Crippen molar-refractivity contribution in [2.24, 2.45) is 0 Å². The number of nitrogens with one attached hydrogen (secondary N) is 1. The lowest BCUT2D eigenvalue weighted by molar-refractivity contribution is -0.114. The normalized spacial score (nSPS) is 15.2. The summed E-state index contributed by atoms with van der Waals surface area (Å²) in [5, 5.41) is 3.55. The van der Waals surface area contributed by atoms with Crippen LogP contribution < -0.4 is 5.32 Å². The fourth-order valence-corrected chi connectivity index (χ4v) is 2.67. The van der Waals surface area contributed by atoms with E-state index < -0.39 is 11.7 Å². The quantitative estimate of drug-likeness (QED) is 0.930. The molecule has 0 aliphatic heterocycles. The molecule has 5 nitrogen and oxygen atoms in total. The van der Waals surface area contributed by atoms with E-state index in [9.17, 15) is 9.59 Å². The monoisotopic (exact) mass is 294 g/mol. The van der Waals surface area contributed by atoms with Crippen molar-refractivity contribution in [1.82, 2.24) is 10.3 Å². The molecule has 0 bridgehead atoms. The highest BCUT2D eigenvalue weighted by molar-refractivity contribution is 7.12. The Morgan fingerprint density at radius 2 is 2.20 bits per heavy atom. The number of nitrogens with zero attached hydrogens (tertiary/aromatic N) is 1. The summed E-state index contributed by atoms with van der Waals surface area (Å²) in [6.07, 6.45) is 4.26. The zero-order valence-corrected chi connectivity index (χ0v) is 12.7. The number of hydrogen-bond donors (Lipinski definition) is 1. The molecule has 0 atom stereocenters. The molecule has 1 aliphatic carbocycles. The number of thiazole rings is 1. The summed E-state index contributed by atoms with van der Waals surface area (Å²) in [6, 6.07) is 0. The molecule has 0 saturated carbocycles. The van der Waals surface area contributed by atoms with Gasteiger partial charge in [-0.15, -0.1) is 11.3 Å². The van der Waals surface area contributed by atoms with Crippen LogP contribution in [0.25, 0.3) is 5.57 Å². The van der Waals surface area contributed by atoms with Crippen LogP contribution in [0, 0.1) is 0 Å². The first-order valence-corrected chi connectivity index (χ1v) is 7.30. The van der Waals surface area contributed by atoms with E-state index in [1.807, 2.05) is 20.8 Å². The number of aromatic nitrogens is 1. The van der Waals surface area contributed by atoms with Crippen molar-refractivity contribution in [2.75, 3.05) is 0 Å². The summed E-state index contributed by atoms with van der Waals surface area (Å²) in [4.78, 5) is 28.0. The molecule has 1 amide bonds. The SMILES string of the molecule is CC(C)(C)OC(=O)NCc1cnc(C2=CC(=O)CC2)s1. The van der Waals surface area contributed by atoms with Gasteiger partial charge in [-0.3, -0.25) is 4.79 Å². The second-order valence-electron chi connectivity index (χ2n) is 5.62. The van der Waals surface area contributed by atoms with E-state index in [1.54, 1.807) is 12.3 Å². The van der Waals surface area contributed by atoms with Crippen LogP contribution in [0.15, 0.2) is 12.3 Å². The number of hydrogen-bond acceptors (Lipinski definition) is 5. The fraction of sp³-hybridized carbons (Fsp3) is 0.500. The van der Waals surface area contributed by atoms with Gasteiger partial charge in [-0.05, 0) is 38.8 Å². The van der Waals surface area contributed by atoms with Gasteiger partial charge in [0.05, 0.1) is 6.54 Å². The minimum absolute atomic E-state index is 0.156. The van der Waals surface area contributed by atoms with Gasteiger partial charge in [0, 0.05) is 17.5 Å². The Morgan fingerprint density at radius 3 is 2.80 bits per heavy atom. The molecule has 0 aromatic carbocycles. The number of ether oxygens (including phenoxy) is 1. The van der Waals surface area contributed by atoms with Crippen molar-refractivity contribution in [1.29, 1.82) is 0 Å². The van der Waals surface area contributed by atoms with E-state index in [-0.39, 0.29) is 5.78 Å². The van der Waals surface area contributed by atoms with Gasteiger partial charge in [0.25, 0.3) is 0 Å². The molecule has 0 fully saturated rings. The van der Waals surface area contributed by atoms with Gasteiger partial charge in [-0.1, -0.05) is 0 Å². The minimum Gasteiger partial charge on any atom is -0.444 e. The topological polar surface area (TPSA) is 68.3 Å². The van der Waals surface area contributed by atoms with Crippen LogP contribution in [0.1, 0.15) is 43.5 Å². The van der Waals surface area contributed by atoms with Crippen LogP contribution in [0.3, 0.4) is 0 Å². The van der Waals surface area contributed by atoms with Crippen molar-refractivity contribution >= 4 is 28.8 Å². The van der Waals surface area contributed by atoms with Gasteiger partial charge in [-0.25, -0.2) is 9.78 Å². The van der Waals surface area contributed by atoms with Gasteiger partial charge in [-0.2, -0.15) is 0 Å². The van der Waals surface area contributed by atoms with Crippen LogP contribution in [-0.4, -0.2) is 22.5 Å². The van der Waals surface area contributed by atoms with Gasteiger partial charge >= 0.3 is 6.09 Å². The molecular formula is C14H18N2O3S. The highest BCUT2D eigenvalue weighted by Gasteiger charge is 2.18. The van der Waals surface area contributed by atoms with E-state index in [4.69, 9.17) is 4.74 Å². The van der Waals surface area contributed by atoms with E-state index in [2.05, 4.69) is 10.3 Å². The predicted octanol–water partition coefficient (Wildman–Crippen LogP) is 2.91. The number of amides is 1. The Labute approximate surface area is 122 Å². The van der Waals surface area contributed by atoms with Gasteiger partial charge in [0.1, 0.15) is 10.6 Å². The average molecular weight is 294 g/mol. The van der Waals surface area contributed by atoms with Crippen molar-refractivity contribution in [2.45, 2.75) is 45.8 Å². The van der Waals surface area contributed by atoms with Crippen LogP contribution in [0.4, 0.5) is 4.79 Å². The van der Waals surface area contributed by atoms with Crippen LogP contribution in [0.2, 0.25) is 0 Å². The standard InChI is InChI=1S/C14H18N2O3S/c1-14(2,3)19-13(18)16-8-11-7-15-12(20-11)9-4-5-10(17)6-9/h6-7H,4-5,8H2,1-3H3,(H,16,18). The second kappa shape index (κ2) is 5.75. The Morgan fingerprint density at radius 1 is 1.45 bits per heavy atom. The van der Waals surface area contributed by atoms with Crippen molar-refractivity contribution in [3.05, 3.63) is 22.2 Å². The van der Waals surface area contributed by atoms with E-state index in [0.717, 1.165) is 21.9 Å². The van der Waals surface area contributed by atoms with Crippen LogP contribution in [-0.2, 0) is 16.1 Å². The molecule has 0 radical (unpaired) electrons. The zero-order chi connectivity index (χ0) is 14.8. The van der Waals surface area contributed by atoms with Crippen molar-refractivity contribution in [3.63, 3.8) is 0 Å². The third-order valence-corrected chi connectivity index (χ3v) is 3.68. The van der Waals surface area contributed by atoms with Gasteiger partial charge in [0.2, 0.25) is 0 Å².